The summed E-state index contributed by atoms with van der Waals surface area (Å²) in [4.78, 5) is 32.8. The summed E-state index contributed by atoms with van der Waals surface area (Å²) in [5.41, 5.74) is 0.655. The molecule has 0 saturated carbocycles. The van der Waals surface area contributed by atoms with Gasteiger partial charge in [0.15, 0.2) is 0 Å². The van der Waals surface area contributed by atoms with E-state index >= 15 is 0 Å². The van der Waals surface area contributed by atoms with Crippen LogP contribution in [-0.2, 0) is 14.4 Å². The van der Waals surface area contributed by atoms with E-state index in [1.54, 1.807) is 26.4 Å². The van der Waals surface area contributed by atoms with Crippen molar-refractivity contribution < 1.29 is 34.1 Å². The number of anilines is 1. The van der Waals surface area contributed by atoms with E-state index in [1.807, 2.05) is 6.07 Å². The van der Waals surface area contributed by atoms with Crippen LogP contribution in [0.4, 0.5) is 5.69 Å². The summed E-state index contributed by atoms with van der Waals surface area (Å²) in [6, 6.07) is 5.39. The van der Waals surface area contributed by atoms with Crippen molar-refractivity contribution in [1.82, 2.24) is 4.90 Å². The van der Waals surface area contributed by atoms with E-state index in [-0.39, 0.29) is 5.91 Å². The molecule has 0 atom stereocenters. The van der Waals surface area contributed by atoms with Gasteiger partial charge < -0.3 is 29.9 Å². The Kier molecular flexibility index (Phi) is 10.4. The molecule has 2 rings (SSSR count). The summed E-state index contributed by atoms with van der Waals surface area (Å²) in [5.74, 6) is -2.30. The number of hydrogen-bond donors (Lipinski definition) is 3. The number of likely N-dealkylation sites (tertiary alicyclic amines) is 1. The lowest BCUT2D eigenvalue weighted by Gasteiger charge is -2.19. The topological polar surface area (TPSA) is 125 Å². The van der Waals surface area contributed by atoms with E-state index in [2.05, 4.69) is 10.2 Å². The Labute approximate surface area is 164 Å². The van der Waals surface area contributed by atoms with E-state index in [9.17, 15) is 4.79 Å². The van der Waals surface area contributed by atoms with Crippen LogP contribution in [0.3, 0.4) is 0 Å². The summed E-state index contributed by atoms with van der Waals surface area (Å²) in [7, 11) is 3.20. The molecule has 0 radical (unpaired) electrons. The molecule has 9 heteroatoms. The zero-order valence-corrected chi connectivity index (χ0v) is 16.3. The van der Waals surface area contributed by atoms with Crippen molar-refractivity contribution in [1.29, 1.82) is 0 Å². The molecule has 1 aromatic rings. The fourth-order valence-corrected chi connectivity index (χ4v) is 2.74. The Bertz CT molecular complexity index is 644. The first kappa shape index (κ1) is 23.2. The number of carbonyl (C=O) groups is 3. The molecule has 0 unspecified atom stereocenters. The van der Waals surface area contributed by atoms with Crippen LogP contribution in [0.15, 0.2) is 18.2 Å². The highest BCUT2D eigenvalue weighted by atomic mass is 16.5. The highest BCUT2D eigenvalue weighted by Crippen LogP contribution is 2.28. The number of hydrogen-bond acceptors (Lipinski definition) is 6. The molecule has 3 N–H and O–H groups in total. The molecule has 156 valence electrons. The van der Waals surface area contributed by atoms with Gasteiger partial charge in [0.25, 0.3) is 0 Å². The van der Waals surface area contributed by atoms with E-state index < -0.39 is 11.9 Å². The fraction of sp³-hybridized carbons (Fsp3) is 0.526. The van der Waals surface area contributed by atoms with Crippen LogP contribution in [0.5, 0.6) is 11.5 Å². The molecule has 1 aliphatic rings. The molecule has 1 aromatic carbocycles. The predicted molar refractivity (Wildman–Crippen MR) is 103 cm³/mol. The average molecular weight is 396 g/mol. The lowest BCUT2D eigenvalue weighted by Crippen LogP contribution is -2.28. The Morgan fingerprint density at radius 1 is 1.00 bits per heavy atom. The van der Waals surface area contributed by atoms with Crippen LogP contribution in [0.2, 0.25) is 0 Å². The zero-order valence-electron chi connectivity index (χ0n) is 16.3. The van der Waals surface area contributed by atoms with Crippen molar-refractivity contribution in [2.75, 3.05) is 39.2 Å². The van der Waals surface area contributed by atoms with Gasteiger partial charge in [-0.3, -0.25) is 4.79 Å². The summed E-state index contributed by atoms with van der Waals surface area (Å²) in [5, 5.41) is 17.7. The van der Waals surface area contributed by atoms with Gasteiger partial charge in [0.05, 0.1) is 19.9 Å². The highest BCUT2D eigenvalue weighted by molar-refractivity contribution is 6.27. The maximum atomic E-state index is 12.2. The molecule has 1 amide bonds. The van der Waals surface area contributed by atoms with Gasteiger partial charge in [0, 0.05) is 19.0 Å². The number of nitrogens with zero attached hydrogens (tertiary/aromatic N) is 1. The van der Waals surface area contributed by atoms with Crippen molar-refractivity contribution in [3.8, 4) is 11.5 Å². The summed E-state index contributed by atoms with van der Waals surface area (Å²) in [6.45, 7) is 3.03. The normalized spacial score (nSPS) is 14.1. The van der Waals surface area contributed by atoms with Gasteiger partial charge in [-0.05, 0) is 38.1 Å². The third-order valence-electron chi connectivity index (χ3n) is 4.22. The number of ether oxygens (including phenoxy) is 2. The third kappa shape index (κ3) is 8.72. The number of nitrogens with one attached hydrogen (secondary N) is 1. The van der Waals surface area contributed by atoms with Crippen molar-refractivity contribution in [2.24, 2.45) is 0 Å². The third-order valence-corrected chi connectivity index (χ3v) is 4.22. The predicted octanol–water partition coefficient (Wildman–Crippen LogP) is 2.06. The first-order chi connectivity index (χ1) is 13.4. The Morgan fingerprint density at radius 3 is 2.11 bits per heavy atom. The highest BCUT2D eigenvalue weighted by Gasteiger charge is 2.13. The number of carbonyl (C=O) groups excluding carboxylic acids is 1. The maximum absolute atomic E-state index is 12.2. The molecule has 0 aromatic heterocycles. The van der Waals surface area contributed by atoms with Gasteiger partial charge in [-0.25, -0.2) is 9.59 Å². The molecule has 9 nitrogen and oxygen atoms in total. The number of methoxy groups -OCH3 is 2. The van der Waals surface area contributed by atoms with Crippen molar-refractivity contribution in [2.45, 2.75) is 32.1 Å². The smallest absolute Gasteiger partial charge is 0.414 e. The first-order valence-corrected chi connectivity index (χ1v) is 9.07. The number of carboxylic acid groups (broad SMARTS) is 2. The van der Waals surface area contributed by atoms with Gasteiger partial charge in [-0.2, -0.15) is 0 Å². The molecular weight excluding hydrogens is 368 g/mol. The lowest BCUT2D eigenvalue weighted by molar-refractivity contribution is -0.159. The van der Waals surface area contributed by atoms with Crippen LogP contribution >= 0.6 is 0 Å². The van der Waals surface area contributed by atoms with Crippen molar-refractivity contribution in [3.05, 3.63) is 18.2 Å². The summed E-state index contributed by atoms with van der Waals surface area (Å²) in [6.07, 6.45) is 5.60. The van der Waals surface area contributed by atoms with E-state index in [1.165, 1.54) is 25.7 Å². The van der Waals surface area contributed by atoms with Crippen LogP contribution in [0, 0.1) is 0 Å². The quantitative estimate of drug-likeness (QED) is 0.624. The molecule has 0 aliphatic carbocycles. The largest absolute Gasteiger partial charge is 0.497 e. The number of benzene rings is 1. The van der Waals surface area contributed by atoms with E-state index in [0.717, 1.165) is 19.6 Å². The number of carboxylic acids is 2. The fourth-order valence-electron chi connectivity index (χ4n) is 2.74. The van der Waals surface area contributed by atoms with Crippen LogP contribution in [0.25, 0.3) is 0 Å². The first-order valence-electron chi connectivity index (χ1n) is 9.07. The molecule has 0 bridgehead atoms. The van der Waals surface area contributed by atoms with Gasteiger partial charge in [0.2, 0.25) is 5.91 Å². The van der Waals surface area contributed by atoms with Crippen LogP contribution in [0.1, 0.15) is 32.1 Å². The molecule has 28 heavy (non-hydrogen) atoms. The zero-order chi connectivity index (χ0) is 20.9. The molecule has 1 heterocycles. The molecule has 1 aliphatic heterocycles. The SMILES string of the molecule is COc1ccc(OC)c(NC(=O)CCN2CCCCCC2)c1.O=C(O)C(=O)O. The Hall–Kier alpha value is -2.81. The summed E-state index contributed by atoms with van der Waals surface area (Å²) < 4.78 is 10.5. The van der Waals surface area contributed by atoms with Gasteiger partial charge >= 0.3 is 11.9 Å². The Balaban J connectivity index is 0.000000568. The minimum Gasteiger partial charge on any atom is -0.497 e. The summed E-state index contributed by atoms with van der Waals surface area (Å²) >= 11 is 0. The number of rotatable bonds is 6. The van der Waals surface area contributed by atoms with Gasteiger partial charge in [0.1, 0.15) is 11.5 Å². The average Bonchev–Trinajstić information content (AvgIpc) is 2.95. The molecule has 1 fully saturated rings. The Morgan fingerprint density at radius 2 is 1.61 bits per heavy atom. The molecule has 1 saturated heterocycles. The van der Waals surface area contributed by atoms with E-state index in [4.69, 9.17) is 29.3 Å². The second kappa shape index (κ2) is 12.6. The minimum atomic E-state index is -1.82. The molecular formula is C19H28N2O7. The number of aliphatic carboxylic acids is 2. The maximum Gasteiger partial charge on any atom is 0.414 e. The van der Waals surface area contributed by atoms with Crippen molar-refractivity contribution in [3.63, 3.8) is 0 Å². The minimum absolute atomic E-state index is 0.0100. The number of amides is 1. The second-order valence-corrected chi connectivity index (χ2v) is 6.23. The van der Waals surface area contributed by atoms with Gasteiger partial charge in [-0.15, -0.1) is 0 Å². The monoisotopic (exact) mass is 396 g/mol. The van der Waals surface area contributed by atoms with E-state index in [0.29, 0.717) is 23.6 Å². The van der Waals surface area contributed by atoms with Crippen LogP contribution < -0.4 is 14.8 Å². The lowest BCUT2D eigenvalue weighted by atomic mass is 10.2. The van der Waals surface area contributed by atoms with Crippen LogP contribution in [-0.4, -0.2) is 66.8 Å². The van der Waals surface area contributed by atoms with Crippen molar-refractivity contribution >= 4 is 23.5 Å². The second-order valence-electron chi connectivity index (χ2n) is 6.23. The van der Waals surface area contributed by atoms with Gasteiger partial charge in [-0.1, -0.05) is 12.8 Å². The standard InChI is InChI=1S/C17H26N2O3.C2H2O4/c1-21-14-7-8-16(22-2)15(13-14)18-17(20)9-12-19-10-5-3-4-6-11-19;3-1(4)2(5)6/h7-8,13H,3-6,9-12H2,1-2H3,(H,18,20);(H,3,4)(H,5,6). The molecule has 0 spiro atoms.